The third-order valence-electron chi connectivity index (χ3n) is 4.59. The number of hydrogen-bond acceptors (Lipinski definition) is 2. The van der Waals surface area contributed by atoms with Crippen molar-refractivity contribution in [2.45, 2.75) is 27.2 Å². The maximum absolute atomic E-state index is 12.6. The normalized spacial score (nSPS) is 16.9. The number of aryl methyl sites for hydroxylation is 3. The summed E-state index contributed by atoms with van der Waals surface area (Å²) in [6, 6.07) is 9.03. The number of hydrogen-bond donors (Lipinski definition) is 1. The summed E-state index contributed by atoms with van der Waals surface area (Å²) in [6.45, 7) is 6.39. The Hall–Kier alpha value is -2.04. The Morgan fingerprint density at radius 1 is 1.08 bits per heavy atom. The van der Waals surface area contributed by atoms with Crippen molar-refractivity contribution in [1.29, 1.82) is 0 Å². The molecule has 1 unspecified atom stereocenters. The Bertz CT molecular complexity index is 872. The molecule has 1 atom stereocenters. The van der Waals surface area contributed by atoms with Crippen LogP contribution in [0, 0.1) is 26.7 Å². The van der Waals surface area contributed by atoms with E-state index in [9.17, 15) is 9.59 Å². The quantitative estimate of drug-likeness (QED) is 0.808. The number of benzene rings is 2. The zero-order valence-corrected chi connectivity index (χ0v) is 16.4. The molecule has 4 nitrogen and oxygen atoms in total. The first kappa shape index (κ1) is 18.7. The number of amides is 2. The van der Waals surface area contributed by atoms with Gasteiger partial charge in [0.2, 0.25) is 11.8 Å². The number of rotatable bonds is 3. The van der Waals surface area contributed by atoms with E-state index < -0.39 is 5.92 Å². The fraction of sp³-hybridized carbons (Fsp3) is 0.300. The Morgan fingerprint density at radius 2 is 1.73 bits per heavy atom. The van der Waals surface area contributed by atoms with Crippen molar-refractivity contribution in [1.82, 2.24) is 0 Å². The third kappa shape index (κ3) is 3.71. The van der Waals surface area contributed by atoms with Crippen LogP contribution >= 0.6 is 23.2 Å². The first-order valence-electron chi connectivity index (χ1n) is 8.40. The molecule has 1 aliphatic rings. The Balaban J connectivity index is 1.77. The first-order chi connectivity index (χ1) is 12.3. The average molecular weight is 391 g/mol. The van der Waals surface area contributed by atoms with Crippen molar-refractivity contribution < 1.29 is 9.59 Å². The van der Waals surface area contributed by atoms with Crippen LogP contribution in [-0.2, 0) is 9.59 Å². The Kier molecular flexibility index (Phi) is 5.26. The maximum Gasteiger partial charge on any atom is 0.229 e. The van der Waals surface area contributed by atoms with Crippen molar-refractivity contribution in [2.75, 3.05) is 16.8 Å². The lowest BCUT2D eigenvalue weighted by molar-refractivity contribution is -0.122. The molecule has 6 heteroatoms. The summed E-state index contributed by atoms with van der Waals surface area (Å²) in [5.74, 6) is -0.631. The molecule has 26 heavy (non-hydrogen) atoms. The first-order valence-corrected chi connectivity index (χ1v) is 9.16. The van der Waals surface area contributed by atoms with E-state index in [0.717, 1.165) is 22.4 Å². The van der Waals surface area contributed by atoms with E-state index in [0.29, 0.717) is 22.3 Å². The minimum absolute atomic E-state index is 0.0330. The van der Waals surface area contributed by atoms with Crippen LogP contribution in [0.5, 0.6) is 0 Å². The standard InChI is InChI=1S/C20H20Cl2N2O2/c1-11-6-12(2)19(13(3)7-11)24-10-14(8-18(24)25)20(26)23-15-4-5-16(21)17(22)9-15/h4-7,9,14H,8,10H2,1-3H3,(H,23,26). The van der Waals surface area contributed by atoms with Crippen LogP contribution in [0.1, 0.15) is 23.1 Å². The van der Waals surface area contributed by atoms with Gasteiger partial charge in [0.25, 0.3) is 0 Å². The minimum Gasteiger partial charge on any atom is -0.326 e. The lowest BCUT2D eigenvalue weighted by atomic mass is 10.0. The fourth-order valence-corrected chi connectivity index (χ4v) is 3.81. The highest BCUT2D eigenvalue weighted by atomic mass is 35.5. The van der Waals surface area contributed by atoms with E-state index in [1.165, 1.54) is 0 Å². The molecule has 1 saturated heterocycles. The molecule has 0 spiro atoms. The van der Waals surface area contributed by atoms with Crippen molar-refractivity contribution in [2.24, 2.45) is 5.92 Å². The van der Waals surface area contributed by atoms with Crippen molar-refractivity contribution >= 4 is 46.4 Å². The summed E-state index contributed by atoms with van der Waals surface area (Å²) in [7, 11) is 0. The molecule has 3 rings (SSSR count). The van der Waals surface area contributed by atoms with Gasteiger partial charge in [0.15, 0.2) is 0 Å². The highest BCUT2D eigenvalue weighted by Gasteiger charge is 2.36. The Labute approximate surface area is 163 Å². The van der Waals surface area contributed by atoms with Crippen LogP contribution in [0.15, 0.2) is 30.3 Å². The van der Waals surface area contributed by atoms with Crippen molar-refractivity contribution in [3.8, 4) is 0 Å². The van der Waals surface area contributed by atoms with E-state index in [-0.39, 0.29) is 18.2 Å². The van der Waals surface area contributed by atoms with Gasteiger partial charge in [-0.05, 0) is 50.1 Å². The zero-order valence-electron chi connectivity index (χ0n) is 14.9. The summed E-state index contributed by atoms with van der Waals surface area (Å²) >= 11 is 11.9. The van der Waals surface area contributed by atoms with Crippen molar-refractivity contribution in [3.63, 3.8) is 0 Å². The predicted octanol–water partition coefficient (Wildman–Crippen LogP) is 4.91. The van der Waals surface area contributed by atoms with E-state index in [1.54, 1.807) is 23.1 Å². The highest BCUT2D eigenvalue weighted by molar-refractivity contribution is 6.42. The minimum atomic E-state index is -0.406. The molecule has 1 heterocycles. The summed E-state index contributed by atoms with van der Waals surface area (Å²) < 4.78 is 0. The van der Waals surface area contributed by atoms with E-state index >= 15 is 0 Å². The molecule has 2 aromatic rings. The summed E-state index contributed by atoms with van der Waals surface area (Å²) in [6.07, 6.45) is 0.194. The SMILES string of the molecule is Cc1cc(C)c(N2CC(C(=O)Nc3ccc(Cl)c(Cl)c3)CC2=O)c(C)c1. The second-order valence-electron chi connectivity index (χ2n) is 6.77. The fourth-order valence-electron chi connectivity index (χ4n) is 3.52. The second-order valence-corrected chi connectivity index (χ2v) is 7.59. The van der Waals surface area contributed by atoms with Gasteiger partial charge in [0, 0.05) is 24.3 Å². The topological polar surface area (TPSA) is 49.4 Å². The van der Waals surface area contributed by atoms with Gasteiger partial charge >= 0.3 is 0 Å². The molecule has 0 aliphatic carbocycles. The average Bonchev–Trinajstić information content (AvgIpc) is 2.92. The van der Waals surface area contributed by atoms with Gasteiger partial charge in [-0.1, -0.05) is 40.9 Å². The van der Waals surface area contributed by atoms with Crippen LogP contribution in [0.2, 0.25) is 10.0 Å². The molecule has 136 valence electrons. The smallest absolute Gasteiger partial charge is 0.229 e. The van der Waals surface area contributed by atoms with Crippen LogP contribution in [0.3, 0.4) is 0 Å². The summed E-state index contributed by atoms with van der Waals surface area (Å²) in [5, 5.41) is 3.62. The molecule has 1 aliphatic heterocycles. The number of carbonyl (C=O) groups is 2. The molecular formula is C20H20Cl2N2O2. The van der Waals surface area contributed by atoms with Gasteiger partial charge in [0.05, 0.1) is 16.0 Å². The summed E-state index contributed by atoms with van der Waals surface area (Å²) in [4.78, 5) is 26.9. The van der Waals surface area contributed by atoms with E-state index in [4.69, 9.17) is 23.2 Å². The van der Waals surface area contributed by atoms with E-state index in [1.807, 2.05) is 20.8 Å². The molecule has 0 radical (unpaired) electrons. The van der Waals surface area contributed by atoms with E-state index in [2.05, 4.69) is 17.4 Å². The zero-order chi connectivity index (χ0) is 19.0. The van der Waals surface area contributed by atoms with Gasteiger partial charge < -0.3 is 10.2 Å². The molecule has 0 saturated carbocycles. The number of nitrogens with zero attached hydrogens (tertiary/aromatic N) is 1. The third-order valence-corrected chi connectivity index (χ3v) is 5.33. The van der Waals surface area contributed by atoms with Gasteiger partial charge in [-0.15, -0.1) is 0 Å². The molecule has 1 N–H and O–H groups in total. The van der Waals surface area contributed by atoms with Gasteiger partial charge in [0.1, 0.15) is 0 Å². The van der Waals surface area contributed by atoms with Gasteiger partial charge in [-0.3, -0.25) is 9.59 Å². The van der Waals surface area contributed by atoms with Gasteiger partial charge in [-0.25, -0.2) is 0 Å². The number of halogens is 2. The van der Waals surface area contributed by atoms with Crippen LogP contribution in [-0.4, -0.2) is 18.4 Å². The van der Waals surface area contributed by atoms with Crippen LogP contribution in [0.4, 0.5) is 11.4 Å². The monoisotopic (exact) mass is 390 g/mol. The largest absolute Gasteiger partial charge is 0.326 e. The van der Waals surface area contributed by atoms with Crippen LogP contribution in [0.25, 0.3) is 0 Å². The number of nitrogens with one attached hydrogen (secondary N) is 1. The molecule has 2 aromatic carbocycles. The maximum atomic E-state index is 12.6. The van der Waals surface area contributed by atoms with Crippen molar-refractivity contribution in [3.05, 3.63) is 57.1 Å². The second kappa shape index (κ2) is 7.29. The summed E-state index contributed by atoms with van der Waals surface area (Å²) in [5.41, 5.74) is 4.72. The number of anilines is 2. The molecule has 2 amide bonds. The predicted molar refractivity (Wildman–Crippen MR) is 106 cm³/mol. The molecule has 0 bridgehead atoms. The lowest BCUT2D eigenvalue weighted by Crippen LogP contribution is -2.29. The highest BCUT2D eigenvalue weighted by Crippen LogP contribution is 2.32. The van der Waals surface area contributed by atoms with Crippen LogP contribution < -0.4 is 10.2 Å². The van der Waals surface area contributed by atoms with Gasteiger partial charge in [-0.2, -0.15) is 0 Å². The molecule has 1 fully saturated rings. The Morgan fingerprint density at radius 3 is 2.35 bits per heavy atom. The molecule has 0 aromatic heterocycles. The molecular weight excluding hydrogens is 371 g/mol. The lowest BCUT2D eigenvalue weighted by Gasteiger charge is -2.22. The number of carbonyl (C=O) groups excluding carboxylic acids is 2.